The van der Waals surface area contributed by atoms with Crippen LogP contribution in [0.1, 0.15) is 45.8 Å². The molecule has 2 aromatic heterocycles. The van der Waals surface area contributed by atoms with Gasteiger partial charge in [0.2, 0.25) is 0 Å². The standard InChI is InChI=1S/C23H23B2N3O3/c1-14-19-18(31-21(14)22(29)26-12-17-8-5-11-30-17)10-9-15-13-28(27-20(15)19)23(24,25)16-6-3-2-4-7-16/h2-4,6-7,13,17H,5,8-12H2,1H3,(H,26,29). The van der Waals surface area contributed by atoms with Gasteiger partial charge in [0.25, 0.3) is 5.91 Å². The van der Waals surface area contributed by atoms with Gasteiger partial charge in [-0.25, -0.2) is 0 Å². The molecule has 1 saturated heterocycles. The van der Waals surface area contributed by atoms with Gasteiger partial charge in [-0.15, -0.1) is 0 Å². The van der Waals surface area contributed by atoms with E-state index in [2.05, 4.69) is 5.32 Å². The first-order chi connectivity index (χ1) is 14.9. The average Bonchev–Trinajstić information content (AvgIpc) is 3.51. The van der Waals surface area contributed by atoms with Crippen LogP contribution in [0.4, 0.5) is 0 Å². The summed E-state index contributed by atoms with van der Waals surface area (Å²) in [7, 11) is 12.9. The number of ether oxygens (including phenoxy) is 1. The van der Waals surface area contributed by atoms with Crippen molar-refractivity contribution in [2.45, 2.75) is 44.0 Å². The van der Waals surface area contributed by atoms with Crippen molar-refractivity contribution < 1.29 is 13.9 Å². The van der Waals surface area contributed by atoms with Crippen LogP contribution >= 0.6 is 0 Å². The number of hydrogen-bond acceptors (Lipinski definition) is 4. The molecule has 1 unspecified atom stereocenters. The number of nitrogens with zero attached hydrogens (tertiary/aromatic N) is 2. The second kappa shape index (κ2) is 7.75. The zero-order valence-electron chi connectivity index (χ0n) is 17.6. The van der Waals surface area contributed by atoms with E-state index < -0.39 is 5.34 Å². The van der Waals surface area contributed by atoms with Gasteiger partial charge in [-0.3, -0.25) is 9.48 Å². The van der Waals surface area contributed by atoms with E-state index in [0.717, 1.165) is 59.6 Å². The molecular formula is C23H23B2N3O3. The third-order valence-electron chi connectivity index (χ3n) is 6.20. The molecule has 2 aliphatic rings. The Kier molecular flexibility index (Phi) is 5.05. The minimum Gasteiger partial charge on any atom is -0.455 e. The summed E-state index contributed by atoms with van der Waals surface area (Å²) < 4.78 is 13.2. The van der Waals surface area contributed by atoms with Crippen molar-refractivity contribution in [1.82, 2.24) is 15.1 Å². The van der Waals surface area contributed by atoms with E-state index >= 15 is 0 Å². The van der Waals surface area contributed by atoms with Crippen LogP contribution in [0.25, 0.3) is 11.3 Å². The third kappa shape index (κ3) is 3.53. The molecule has 154 valence electrons. The second-order valence-corrected chi connectivity index (χ2v) is 8.34. The fraction of sp³-hybridized carbons (Fsp3) is 0.391. The van der Waals surface area contributed by atoms with E-state index in [-0.39, 0.29) is 12.0 Å². The topological polar surface area (TPSA) is 69.3 Å². The molecule has 1 fully saturated rings. The van der Waals surface area contributed by atoms with Gasteiger partial charge in [0.15, 0.2) is 5.76 Å². The highest BCUT2D eigenvalue weighted by molar-refractivity contribution is 6.39. The maximum atomic E-state index is 12.8. The first-order valence-electron chi connectivity index (χ1n) is 10.7. The number of nitrogens with one attached hydrogen (secondary N) is 1. The zero-order chi connectivity index (χ0) is 21.6. The SMILES string of the molecule is [B]C([B])(c1ccccc1)n1cc2c(n1)-c1c(oc(C(=O)NCC3CCCO3)c1C)CC2. The van der Waals surface area contributed by atoms with Crippen LogP contribution in [0.2, 0.25) is 0 Å². The molecule has 0 bridgehead atoms. The lowest BCUT2D eigenvalue weighted by Gasteiger charge is -2.27. The van der Waals surface area contributed by atoms with Gasteiger partial charge in [-0.1, -0.05) is 30.3 Å². The molecule has 1 aromatic carbocycles. The van der Waals surface area contributed by atoms with E-state index in [4.69, 9.17) is 29.9 Å². The highest BCUT2D eigenvalue weighted by atomic mass is 16.5. The van der Waals surface area contributed by atoms with E-state index in [1.54, 1.807) is 4.68 Å². The lowest BCUT2D eigenvalue weighted by Crippen LogP contribution is -2.36. The lowest BCUT2D eigenvalue weighted by atomic mass is 9.58. The van der Waals surface area contributed by atoms with Gasteiger partial charge >= 0.3 is 0 Å². The van der Waals surface area contributed by atoms with Crippen LogP contribution in [0.5, 0.6) is 0 Å². The number of aromatic nitrogens is 2. The summed E-state index contributed by atoms with van der Waals surface area (Å²) >= 11 is 0. The minimum atomic E-state index is -1.28. The van der Waals surface area contributed by atoms with Gasteiger partial charge in [0.1, 0.15) is 5.76 Å². The van der Waals surface area contributed by atoms with Crippen LogP contribution in [0, 0.1) is 6.92 Å². The largest absolute Gasteiger partial charge is 0.455 e. The Bertz CT molecular complexity index is 1110. The number of furan rings is 1. The molecule has 1 aliphatic carbocycles. The Labute approximate surface area is 184 Å². The second-order valence-electron chi connectivity index (χ2n) is 8.34. The summed E-state index contributed by atoms with van der Waals surface area (Å²) in [5, 5.41) is 6.40. The van der Waals surface area contributed by atoms with Gasteiger partial charge in [0.05, 0.1) is 27.5 Å². The number of aryl methyl sites for hydroxylation is 2. The Balaban J connectivity index is 1.44. The predicted molar refractivity (Wildman–Crippen MR) is 118 cm³/mol. The highest BCUT2D eigenvalue weighted by Gasteiger charge is 2.32. The number of carbonyl (C=O) groups is 1. The fourth-order valence-electron chi connectivity index (χ4n) is 4.45. The lowest BCUT2D eigenvalue weighted by molar-refractivity contribution is 0.0833. The molecule has 0 saturated carbocycles. The molecule has 1 atom stereocenters. The van der Waals surface area contributed by atoms with Gasteiger partial charge < -0.3 is 14.5 Å². The van der Waals surface area contributed by atoms with Crippen LogP contribution in [0.3, 0.4) is 0 Å². The van der Waals surface area contributed by atoms with Crippen molar-refractivity contribution in [2.24, 2.45) is 0 Å². The first-order valence-corrected chi connectivity index (χ1v) is 10.7. The van der Waals surface area contributed by atoms with Crippen molar-refractivity contribution in [1.29, 1.82) is 0 Å². The quantitative estimate of drug-likeness (QED) is 0.656. The zero-order valence-corrected chi connectivity index (χ0v) is 17.6. The van der Waals surface area contributed by atoms with E-state index in [1.165, 1.54) is 0 Å². The maximum Gasteiger partial charge on any atom is 0.287 e. The monoisotopic (exact) mass is 411 g/mol. The van der Waals surface area contributed by atoms with Crippen molar-refractivity contribution in [3.63, 3.8) is 0 Å². The highest BCUT2D eigenvalue weighted by Crippen LogP contribution is 2.39. The van der Waals surface area contributed by atoms with Gasteiger partial charge in [0, 0.05) is 42.2 Å². The maximum absolute atomic E-state index is 12.8. The normalized spacial score (nSPS) is 17.9. The summed E-state index contributed by atoms with van der Waals surface area (Å²) in [5.41, 5.74) is 4.22. The molecule has 5 rings (SSSR count). The van der Waals surface area contributed by atoms with Crippen LogP contribution in [-0.2, 0) is 22.9 Å². The number of benzene rings is 1. The summed E-state index contributed by atoms with van der Waals surface area (Å²) in [6.07, 6.45) is 5.42. The van der Waals surface area contributed by atoms with E-state index in [1.807, 2.05) is 43.5 Å². The van der Waals surface area contributed by atoms with Crippen molar-refractivity contribution in [3.05, 3.63) is 64.7 Å². The number of fused-ring (bicyclic) bond motifs is 3. The molecule has 4 radical (unpaired) electrons. The summed E-state index contributed by atoms with van der Waals surface area (Å²) in [6, 6.07) is 9.47. The van der Waals surface area contributed by atoms with E-state index in [0.29, 0.717) is 18.7 Å². The molecule has 3 aromatic rings. The van der Waals surface area contributed by atoms with Crippen LogP contribution in [0.15, 0.2) is 40.9 Å². The predicted octanol–water partition coefficient (Wildman–Crippen LogP) is 2.45. The number of carbonyl (C=O) groups excluding carboxylic acids is 1. The molecule has 1 amide bonds. The van der Waals surface area contributed by atoms with E-state index in [9.17, 15) is 4.79 Å². The fourth-order valence-corrected chi connectivity index (χ4v) is 4.45. The number of hydrogen-bond donors (Lipinski definition) is 1. The molecule has 8 heteroatoms. The number of rotatable bonds is 5. The molecule has 1 N–H and O–H groups in total. The molecule has 1 aliphatic heterocycles. The third-order valence-corrected chi connectivity index (χ3v) is 6.20. The molecule has 0 spiro atoms. The number of amides is 1. The van der Waals surface area contributed by atoms with Crippen molar-refractivity contribution in [3.8, 4) is 11.3 Å². The Morgan fingerprint density at radius 2 is 2.10 bits per heavy atom. The molecule has 3 heterocycles. The Morgan fingerprint density at radius 1 is 1.29 bits per heavy atom. The average molecular weight is 411 g/mol. The first kappa shape index (κ1) is 20.2. The Morgan fingerprint density at radius 3 is 2.84 bits per heavy atom. The summed E-state index contributed by atoms with van der Waals surface area (Å²) in [6.45, 7) is 3.14. The van der Waals surface area contributed by atoms with Crippen LogP contribution in [-0.4, -0.2) is 50.6 Å². The van der Waals surface area contributed by atoms with Gasteiger partial charge in [-0.05, 0) is 37.3 Å². The van der Waals surface area contributed by atoms with Crippen LogP contribution < -0.4 is 5.32 Å². The molecular weight excluding hydrogens is 388 g/mol. The smallest absolute Gasteiger partial charge is 0.287 e. The van der Waals surface area contributed by atoms with Crippen molar-refractivity contribution >= 4 is 21.6 Å². The summed E-state index contributed by atoms with van der Waals surface area (Å²) in [5.74, 6) is 0.886. The minimum absolute atomic E-state index is 0.0800. The van der Waals surface area contributed by atoms with Gasteiger partial charge in [-0.2, -0.15) is 5.10 Å². The molecule has 31 heavy (non-hydrogen) atoms. The summed E-state index contributed by atoms with van der Waals surface area (Å²) in [4.78, 5) is 12.8. The molecule has 6 nitrogen and oxygen atoms in total. The van der Waals surface area contributed by atoms with Crippen molar-refractivity contribution in [2.75, 3.05) is 13.2 Å². The Hall–Kier alpha value is -2.73.